The van der Waals surface area contributed by atoms with Gasteiger partial charge in [0.2, 0.25) is 15.9 Å². The lowest BCUT2D eigenvalue weighted by Gasteiger charge is -2.18. The molecule has 1 aromatic rings. The van der Waals surface area contributed by atoms with Crippen LogP contribution in [0.5, 0.6) is 5.75 Å². The van der Waals surface area contributed by atoms with Crippen LogP contribution in [0.25, 0.3) is 0 Å². The van der Waals surface area contributed by atoms with Crippen molar-refractivity contribution in [1.82, 2.24) is 4.31 Å². The number of carbonyl (C=O) groups excluding carboxylic acids is 1. The van der Waals surface area contributed by atoms with Gasteiger partial charge in [-0.3, -0.25) is 4.79 Å². The molecule has 1 saturated carbocycles. The molecule has 6 nitrogen and oxygen atoms in total. The van der Waals surface area contributed by atoms with Crippen LogP contribution in [0.2, 0.25) is 0 Å². The quantitative estimate of drug-likeness (QED) is 0.827. The lowest BCUT2D eigenvalue weighted by atomic mass is 10.3. The Morgan fingerprint density at radius 3 is 2.71 bits per heavy atom. The van der Waals surface area contributed by atoms with Crippen LogP contribution in [-0.2, 0) is 14.8 Å². The van der Waals surface area contributed by atoms with E-state index in [-0.39, 0.29) is 24.9 Å². The molecule has 0 aromatic heterocycles. The second-order valence-electron chi connectivity index (χ2n) is 5.14. The summed E-state index contributed by atoms with van der Waals surface area (Å²) < 4.78 is 29.8. The summed E-state index contributed by atoms with van der Waals surface area (Å²) in [6.07, 6.45) is 3.08. The predicted molar refractivity (Wildman–Crippen MR) is 80.8 cm³/mol. The Bertz CT molecular complexity index is 611. The van der Waals surface area contributed by atoms with Gasteiger partial charge >= 0.3 is 0 Å². The highest BCUT2D eigenvalue weighted by atomic mass is 32.2. The van der Waals surface area contributed by atoms with E-state index in [1.807, 2.05) is 0 Å². The molecule has 0 aliphatic heterocycles. The highest BCUT2D eigenvalue weighted by molar-refractivity contribution is 7.88. The molecule has 1 N–H and O–H groups in total. The Kier molecular flexibility index (Phi) is 4.84. The van der Waals surface area contributed by atoms with E-state index in [0.717, 1.165) is 12.8 Å². The molecule has 7 heteroatoms. The molecule has 1 amide bonds. The topological polar surface area (TPSA) is 75.7 Å². The van der Waals surface area contributed by atoms with Crippen molar-refractivity contribution in [3.05, 3.63) is 24.3 Å². The van der Waals surface area contributed by atoms with E-state index in [0.29, 0.717) is 11.4 Å². The number of sulfonamides is 1. The van der Waals surface area contributed by atoms with Crippen molar-refractivity contribution in [2.45, 2.75) is 25.3 Å². The Morgan fingerprint density at radius 2 is 2.14 bits per heavy atom. The smallest absolute Gasteiger partial charge is 0.225 e. The monoisotopic (exact) mass is 312 g/mol. The Balaban J connectivity index is 1.89. The maximum atomic E-state index is 11.9. The van der Waals surface area contributed by atoms with E-state index in [9.17, 15) is 13.2 Å². The summed E-state index contributed by atoms with van der Waals surface area (Å²) in [5, 5.41) is 2.74. The first-order valence-corrected chi connectivity index (χ1v) is 8.65. The summed E-state index contributed by atoms with van der Waals surface area (Å²) in [5.74, 6) is 0.445. The molecule has 1 aliphatic rings. The third-order valence-electron chi connectivity index (χ3n) is 3.29. The fourth-order valence-corrected chi connectivity index (χ4v) is 3.29. The standard InChI is InChI=1S/C14H20N2O4S/c1-20-13-5-3-4-11(10-13)15-14(17)8-9-16(12-6-7-12)21(2,18)19/h3-5,10,12H,6-9H2,1-2H3,(H,15,17). The molecular formula is C14H20N2O4S. The number of amides is 1. The van der Waals surface area contributed by atoms with Gasteiger partial charge in [0.15, 0.2) is 0 Å². The molecule has 2 rings (SSSR count). The van der Waals surface area contributed by atoms with Crippen molar-refractivity contribution in [3.63, 3.8) is 0 Å². The molecule has 0 bridgehead atoms. The van der Waals surface area contributed by atoms with Crippen molar-refractivity contribution in [1.29, 1.82) is 0 Å². The summed E-state index contributed by atoms with van der Waals surface area (Å²) in [6, 6.07) is 7.11. The Labute approximate surface area is 125 Å². The van der Waals surface area contributed by atoms with E-state index in [1.54, 1.807) is 31.4 Å². The van der Waals surface area contributed by atoms with Crippen molar-refractivity contribution >= 4 is 21.6 Å². The zero-order chi connectivity index (χ0) is 15.5. The molecule has 0 spiro atoms. The molecule has 0 saturated heterocycles. The third kappa shape index (κ3) is 4.71. The Morgan fingerprint density at radius 1 is 1.43 bits per heavy atom. The van der Waals surface area contributed by atoms with Gasteiger partial charge in [0.1, 0.15) is 5.75 Å². The molecule has 1 aliphatic carbocycles. The maximum absolute atomic E-state index is 11.9. The van der Waals surface area contributed by atoms with Gasteiger partial charge in [0.25, 0.3) is 0 Å². The number of anilines is 1. The first-order valence-electron chi connectivity index (χ1n) is 6.81. The predicted octanol–water partition coefficient (Wildman–Crippen LogP) is 1.45. The zero-order valence-corrected chi connectivity index (χ0v) is 13.0. The summed E-state index contributed by atoms with van der Waals surface area (Å²) in [6.45, 7) is 0.222. The number of ether oxygens (including phenoxy) is 1. The fourth-order valence-electron chi connectivity index (χ4n) is 2.12. The molecule has 0 radical (unpaired) electrons. The molecule has 0 atom stereocenters. The lowest BCUT2D eigenvalue weighted by Crippen LogP contribution is -2.34. The van der Waals surface area contributed by atoms with Crippen LogP contribution in [0, 0.1) is 0 Å². The minimum absolute atomic E-state index is 0.0737. The van der Waals surface area contributed by atoms with Crippen molar-refractivity contribution in [2.75, 3.05) is 25.2 Å². The maximum Gasteiger partial charge on any atom is 0.225 e. The minimum atomic E-state index is -3.25. The van der Waals surface area contributed by atoms with Crippen LogP contribution in [-0.4, -0.2) is 44.6 Å². The van der Waals surface area contributed by atoms with Crippen LogP contribution < -0.4 is 10.1 Å². The molecule has 21 heavy (non-hydrogen) atoms. The molecule has 1 aromatic carbocycles. The highest BCUT2D eigenvalue weighted by Gasteiger charge is 2.34. The van der Waals surface area contributed by atoms with Gasteiger partial charge in [-0.25, -0.2) is 8.42 Å². The molecular weight excluding hydrogens is 292 g/mol. The SMILES string of the molecule is COc1cccc(NC(=O)CCN(C2CC2)S(C)(=O)=O)c1. The molecule has 0 unspecified atom stereocenters. The van der Waals surface area contributed by atoms with Gasteiger partial charge in [0, 0.05) is 30.8 Å². The number of nitrogens with one attached hydrogen (secondary N) is 1. The van der Waals surface area contributed by atoms with E-state index >= 15 is 0 Å². The number of hydrogen-bond acceptors (Lipinski definition) is 4. The summed E-state index contributed by atoms with van der Waals surface area (Å²) in [7, 11) is -1.69. The average molecular weight is 312 g/mol. The van der Waals surface area contributed by atoms with Crippen LogP contribution >= 0.6 is 0 Å². The Hall–Kier alpha value is -1.60. The first kappa shape index (κ1) is 15.8. The van der Waals surface area contributed by atoms with Crippen molar-refractivity contribution in [2.24, 2.45) is 0 Å². The van der Waals surface area contributed by atoms with E-state index in [4.69, 9.17) is 4.74 Å². The molecule has 0 heterocycles. The highest BCUT2D eigenvalue weighted by Crippen LogP contribution is 2.28. The van der Waals surface area contributed by atoms with Gasteiger partial charge in [-0.15, -0.1) is 0 Å². The van der Waals surface area contributed by atoms with E-state index in [1.165, 1.54) is 10.6 Å². The molecule has 1 fully saturated rings. The van der Waals surface area contributed by atoms with Crippen LogP contribution in [0.3, 0.4) is 0 Å². The van der Waals surface area contributed by atoms with Crippen LogP contribution in [0.4, 0.5) is 5.69 Å². The second kappa shape index (κ2) is 6.44. The number of hydrogen-bond donors (Lipinski definition) is 1. The number of carbonyl (C=O) groups is 1. The summed E-state index contributed by atoms with van der Waals surface area (Å²) >= 11 is 0. The van der Waals surface area contributed by atoms with Crippen molar-refractivity contribution in [3.8, 4) is 5.75 Å². The third-order valence-corrected chi connectivity index (χ3v) is 4.63. The number of benzene rings is 1. The van der Waals surface area contributed by atoms with Crippen LogP contribution in [0.1, 0.15) is 19.3 Å². The summed E-state index contributed by atoms with van der Waals surface area (Å²) in [5.41, 5.74) is 0.636. The van der Waals surface area contributed by atoms with Gasteiger partial charge in [-0.1, -0.05) is 6.07 Å². The number of methoxy groups -OCH3 is 1. The van der Waals surface area contributed by atoms with Gasteiger partial charge in [-0.05, 0) is 25.0 Å². The van der Waals surface area contributed by atoms with Crippen molar-refractivity contribution < 1.29 is 17.9 Å². The lowest BCUT2D eigenvalue weighted by molar-refractivity contribution is -0.116. The molecule has 116 valence electrons. The largest absolute Gasteiger partial charge is 0.497 e. The second-order valence-corrected chi connectivity index (χ2v) is 7.07. The fraction of sp³-hybridized carbons (Fsp3) is 0.500. The first-order chi connectivity index (χ1) is 9.90. The van der Waals surface area contributed by atoms with Crippen LogP contribution in [0.15, 0.2) is 24.3 Å². The van der Waals surface area contributed by atoms with E-state index < -0.39 is 10.0 Å². The van der Waals surface area contributed by atoms with E-state index in [2.05, 4.69) is 5.32 Å². The normalized spacial score (nSPS) is 15.0. The van der Waals surface area contributed by atoms with Gasteiger partial charge < -0.3 is 10.1 Å². The van der Waals surface area contributed by atoms with Gasteiger partial charge in [-0.2, -0.15) is 4.31 Å². The van der Waals surface area contributed by atoms with Gasteiger partial charge in [0.05, 0.1) is 13.4 Å². The minimum Gasteiger partial charge on any atom is -0.497 e. The summed E-state index contributed by atoms with van der Waals surface area (Å²) in [4.78, 5) is 11.9. The number of nitrogens with zero attached hydrogens (tertiary/aromatic N) is 1. The zero-order valence-electron chi connectivity index (χ0n) is 12.2. The average Bonchev–Trinajstić information content (AvgIpc) is 3.22. The number of rotatable bonds is 7.